The number of halogens is 2. The van der Waals surface area contributed by atoms with Crippen LogP contribution in [0.3, 0.4) is 0 Å². The van der Waals surface area contributed by atoms with E-state index in [0.717, 1.165) is 16.9 Å². The molecule has 0 bridgehead atoms. The van der Waals surface area contributed by atoms with E-state index in [0.29, 0.717) is 10.7 Å². The molecule has 0 fully saturated rings. The van der Waals surface area contributed by atoms with E-state index >= 15 is 0 Å². The number of anilines is 2. The highest BCUT2D eigenvalue weighted by molar-refractivity contribution is 7.89. The normalized spacial score (nSPS) is 12.3. The molecule has 2 heterocycles. The van der Waals surface area contributed by atoms with Gasteiger partial charge in [-0.15, -0.1) is 0 Å². The van der Waals surface area contributed by atoms with Crippen molar-refractivity contribution in [3.8, 4) is 0 Å². The number of nitrogens with one attached hydrogen (secondary N) is 2. The first-order chi connectivity index (χ1) is 13.4. The van der Waals surface area contributed by atoms with Gasteiger partial charge in [-0.25, -0.2) is 22.9 Å². The summed E-state index contributed by atoms with van der Waals surface area (Å²) in [5.74, 6) is -1.26. The van der Waals surface area contributed by atoms with Gasteiger partial charge in [0.25, 0.3) is 0 Å². The SMILES string of the molecule is CC(C)(C)NS(=O)(=O)c1cnn2c(Nc3ccc(Cl)c(Cl)c3)c(C(=O)O)cnc12. The summed E-state index contributed by atoms with van der Waals surface area (Å²) in [5, 5.41) is 17.1. The predicted molar refractivity (Wildman–Crippen MR) is 110 cm³/mol. The van der Waals surface area contributed by atoms with Crippen molar-refractivity contribution in [3.05, 3.63) is 46.2 Å². The van der Waals surface area contributed by atoms with Gasteiger partial charge in [-0.3, -0.25) is 0 Å². The van der Waals surface area contributed by atoms with Crippen LogP contribution in [0.4, 0.5) is 11.5 Å². The fourth-order valence-electron chi connectivity index (χ4n) is 2.54. The van der Waals surface area contributed by atoms with E-state index in [-0.39, 0.29) is 26.9 Å². The van der Waals surface area contributed by atoms with E-state index in [4.69, 9.17) is 23.2 Å². The lowest BCUT2D eigenvalue weighted by Crippen LogP contribution is -2.40. The number of sulfonamides is 1. The number of carbonyl (C=O) groups is 1. The highest BCUT2D eigenvalue weighted by atomic mass is 35.5. The molecule has 3 rings (SSSR count). The largest absolute Gasteiger partial charge is 0.477 e. The minimum Gasteiger partial charge on any atom is -0.477 e. The molecule has 3 aromatic rings. The number of hydrogen-bond donors (Lipinski definition) is 3. The van der Waals surface area contributed by atoms with E-state index in [1.807, 2.05) is 0 Å². The summed E-state index contributed by atoms with van der Waals surface area (Å²) in [6.07, 6.45) is 2.18. The Hall–Kier alpha value is -2.40. The Morgan fingerprint density at radius 3 is 2.45 bits per heavy atom. The summed E-state index contributed by atoms with van der Waals surface area (Å²) in [4.78, 5) is 15.5. The maximum Gasteiger partial charge on any atom is 0.341 e. The van der Waals surface area contributed by atoms with Gasteiger partial charge in [-0.2, -0.15) is 9.61 Å². The third-order valence-electron chi connectivity index (χ3n) is 3.64. The summed E-state index contributed by atoms with van der Waals surface area (Å²) in [7, 11) is -3.95. The number of hydrogen-bond acceptors (Lipinski definition) is 6. The van der Waals surface area contributed by atoms with Gasteiger partial charge in [-0.1, -0.05) is 23.2 Å². The monoisotopic (exact) mass is 457 g/mol. The summed E-state index contributed by atoms with van der Waals surface area (Å²) >= 11 is 11.9. The topological polar surface area (TPSA) is 126 Å². The standard InChI is InChI=1S/C17H17Cl2N5O4S/c1-17(2,3)23-29(27,28)13-8-21-24-14(10(16(25)26)7-20-15(13)24)22-9-4-5-11(18)12(19)6-9/h4-8,22-23H,1-3H3,(H,25,26). The van der Waals surface area contributed by atoms with Crippen LogP contribution in [-0.4, -0.2) is 39.6 Å². The first-order valence-corrected chi connectivity index (χ1v) is 10.5. The number of rotatable bonds is 5. The molecule has 0 spiro atoms. The van der Waals surface area contributed by atoms with Crippen molar-refractivity contribution in [2.45, 2.75) is 31.2 Å². The Balaban J connectivity index is 2.17. The number of aromatic carboxylic acids is 1. The highest BCUT2D eigenvalue weighted by Gasteiger charge is 2.28. The quantitative estimate of drug-likeness (QED) is 0.534. The van der Waals surface area contributed by atoms with Crippen LogP contribution < -0.4 is 10.0 Å². The van der Waals surface area contributed by atoms with E-state index in [1.54, 1.807) is 26.8 Å². The second kappa shape index (κ2) is 7.45. The molecular formula is C17H17Cl2N5O4S. The molecular weight excluding hydrogens is 441 g/mol. The molecule has 0 aliphatic carbocycles. The fourth-order valence-corrected chi connectivity index (χ4v) is 4.32. The zero-order chi connectivity index (χ0) is 21.6. The third-order valence-corrected chi connectivity index (χ3v) is 6.12. The molecule has 0 atom stereocenters. The highest BCUT2D eigenvalue weighted by Crippen LogP contribution is 2.29. The summed E-state index contributed by atoms with van der Waals surface area (Å²) < 4.78 is 29.1. The van der Waals surface area contributed by atoms with Gasteiger partial charge in [0.15, 0.2) is 11.5 Å². The van der Waals surface area contributed by atoms with Gasteiger partial charge in [-0.05, 0) is 39.0 Å². The van der Waals surface area contributed by atoms with Crippen LogP contribution in [0.5, 0.6) is 0 Å². The van der Waals surface area contributed by atoms with E-state index in [9.17, 15) is 18.3 Å². The number of carboxylic acids is 1. The molecule has 29 heavy (non-hydrogen) atoms. The molecule has 0 aliphatic rings. The van der Waals surface area contributed by atoms with Gasteiger partial charge >= 0.3 is 5.97 Å². The van der Waals surface area contributed by atoms with Gasteiger partial charge in [0, 0.05) is 17.4 Å². The van der Waals surface area contributed by atoms with Crippen molar-refractivity contribution < 1.29 is 18.3 Å². The second-order valence-corrected chi connectivity index (χ2v) is 9.64. The molecule has 0 saturated carbocycles. The van der Waals surface area contributed by atoms with Crippen LogP contribution in [0.2, 0.25) is 10.0 Å². The zero-order valence-electron chi connectivity index (χ0n) is 15.6. The van der Waals surface area contributed by atoms with Gasteiger partial charge in [0.2, 0.25) is 10.0 Å². The third kappa shape index (κ3) is 4.45. The minimum absolute atomic E-state index is 0.0121. The number of nitrogens with zero attached hydrogens (tertiary/aromatic N) is 3. The van der Waals surface area contributed by atoms with Gasteiger partial charge in [0.05, 0.1) is 16.2 Å². The summed E-state index contributed by atoms with van der Waals surface area (Å²) in [5.41, 5.74) is -0.536. The van der Waals surface area contributed by atoms with Crippen LogP contribution in [0.25, 0.3) is 5.65 Å². The maximum absolute atomic E-state index is 12.7. The molecule has 2 aromatic heterocycles. The van der Waals surface area contributed by atoms with Crippen molar-refractivity contribution in [2.24, 2.45) is 0 Å². The zero-order valence-corrected chi connectivity index (χ0v) is 17.9. The molecule has 3 N–H and O–H groups in total. The Morgan fingerprint density at radius 2 is 1.86 bits per heavy atom. The van der Waals surface area contributed by atoms with Crippen LogP contribution in [-0.2, 0) is 10.0 Å². The lowest BCUT2D eigenvalue weighted by Gasteiger charge is -2.19. The van der Waals surface area contributed by atoms with Crippen molar-refractivity contribution in [1.29, 1.82) is 0 Å². The van der Waals surface area contributed by atoms with Crippen LogP contribution >= 0.6 is 23.2 Å². The average Bonchev–Trinajstić information content (AvgIpc) is 3.01. The maximum atomic E-state index is 12.7. The minimum atomic E-state index is -3.95. The number of benzene rings is 1. The summed E-state index contributed by atoms with van der Waals surface area (Å²) in [6, 6.07) is 4.63. The predicted octanol–water partition coefficient (Wildman–Crippen LogP) is 3.55. The molecule has 0 aliphatic heterocycles. The molecule has 0 amide bonds. The first-order valence-electron chi connectivity index (χ1n) is 8.25. The fraction of sp³-hybridized carbons (Fsp3) is 0.235. The number of carboxylic acid groups (broad SMARTS) is 1. The van der Waals surface area contributed by atoms with Gasteiger partial charge < -0.3 is 10.4 Å². The Kier molecular flexibility index (Phi) is 5.48. The number of fused-ring (bicyclic) bond motifs is 1. The molecule has 0 radical (unpaired) electrons. The molecule has 12 heteroatoms. The van der Waals surface area contributed by atoms with Crippen molar-refractivity contribution in [2.75, 3.05) is 5.32 Å². The van der Waals surface area contributed by atoms with Crippen molar-refractivity contribution >= 4 is 56.3 Å². The van der Waals surface area contributed by atoms with Crippen molar-refractivity contribution in [3.63, 3.8) is 0 Å². The van der Waals surface area contributed by atoms with E-state index in [2.05, 4.69) is 20.1 Å². The molecule has 154 valence electrons. The van der Waals surface area contributed by atoms with Crippen LogP contribution in [0.1, 0.15) is 31.1 Å². The molecule has 0 unspecified atom stereocenters. The molecule has 9 nitrogen and oxygen atoms in total. The lowest BCUT2D eigenvalue weighted by atomic mass is 10.1. The smallest absolute Gasteiger partial charge is 0.341 e. The Morgan fingerprint density at radius 1 is 1.17 bits per heavy atom. The van der Waals surface area contributed by atoms with E-state index < -0.39 is 21.5 Å². The van der Waals surface area contributed by atoms with E-state index in [1.165, 1.54) is 12.1 Å². The molecule has 1 aromatic carbocycles. The van der Waals surface area contributed by atoms with Gasteiger partial charge in [0.1, 0.15) is 10.5 Å². The van der Waals surface area contributed by atoms with Crippen LogP contribution in [0, 0.1) is 0 Å². The summed E-state index contributed by atoms with van der Waals surface area (Å²) in [6.45, 7) is 5.09. The first kappa shape index (κ1) is 21.3. The lowest BCUT2D eigenvalue weighted by molar-refractivity contribution is 0.0697. The second-order valence-electron chi connectivity index (χ2n) is 7.18. The van der Waals surface area contributed by atoms with Crippen molar-refractivity contribution in [1.82, 2.24) is 19.3 Å². The Bertz CT molecular complexity index is 1220. The van der Waals surface area contributed by atoms with Crippen LogP contribution in [0.15, 0.2) is 35.5 Å². The molecule has 0 saturated heterocycles. The average molecular weight is 458 g/mol. The Labute approximate surface area is 176 Å². The number of aromatic nitrogens is 3.